The molecule has 3 nitrogen and oxygen atoms in total. The highest BCUT2D eigenvalue weighted by atomic mass is 14.9. The van der Waals surface area contributed by atoms with Crippen molar-refractivity contribution in [2.45, 2.75) is 6.92 Å². The van der Waals surface area contributed by atoms with Gasteiger partial charge in [-0.3, -0.25) is 9.97 Å². The number of aryl methyl sites for hydroxylation is 2. The first-order chi connectivity index (χ1) is 14.7. The molecule has 2 aromatic carbocycles. The lowest BCUT2D eigenvalue weighted by molar-refractivity contribution is -0.659. The fourth-order valence-electron chi connectivity index (χ4n) is 4.01. The van der Waals surface area contributed by atoms with Crippen LogP contribution in [0.1, 0.15) is 5.56 Å². The quantitative estimate of drug-likeness (QED) is 0.368. The summed E-state index contributed by atoms with van der Waals surface area (Å²) in [6.45, 7) is 2.17. The van der Waals surface area contributed by atoms with Gasteiger partial charge in [-0.25, -0.2) is 4.57 Å². The van der Waals surface area contributed by atoms with Crippen LogP contribution < -0.4 is 4.57 Å². The third kappa shape index (κ3) is 3.25. The molecule has 0 aliphatic heterocycles. The van der Waals surface area contributed by atoms with Crippen molar-refractivity contribution in [3.05, 3.63) is 103 Å². The minimum Gasteiger partial charge on any atom is -0.264 e. The number of hydrogen-bond acceptors (Lipinski definition) is 2. The van der Waals surface area contributed by atoms with Crippen LogP contribution in [0, 0.1) is 6.92 Å². The Morgan fingerprint density at radius 3 is 2.03 bits per heavy atom. The van der Waals surface area contributed by atoms with Crippen molar-refractivity contribution in [2.24, 2.45) is 7.05 Å². The first-order valence-electron chi connectivity index (χ1n) is 10.0. The summed E-state index contributed by atoms with van der Waals surface area (Å²) in [4.78, 5) is 8.54. The van der Waals surface area contributed by atoms with E-state index >= 15 is 0 Å². The molecule has 0 aliphatic carbocycles. The topological polar surface area (TPSA) is 29.7 Å². The van der Waals surface area contributed by atoms with Crippen LogP contribution in [0.3, 0.4) is 0 Å². The van der Waals surface area contributed by atoms with Crippen molar-refractivity contribution < 1.29 is 4.57 Å². The highest BCUT2D eigenvalue weighted by Crippen LogP contribution is 2.33. The van der Waals surface area contributed by atoms with Crippen molar-refractivity contribution in [1.82, 2.24) is 9.97 Å². The zero-order valence-electron chi connectivity index (χ0n) is 17.1. The van der Waals surface area contributed by atoms with E-state index in [0.717, 1.165) is 11.1 Å². The molecule has 0 bridgehead atoms. The van der Waals surface area contributed by atoms with Crippen LogP contribution in [-0.2, 0) is 7.05 Å². The van der Waals surface area contributed by atoms with Gasteiger partial charge in [0.25, 0.3) is 0 Å². The van der Waals surface area contributed by atoms with Gasteiger partial charge in [-0.1, -0.05) is 30.3 Å². The van der Waals surface area contributed by atoms with E-state index in [1.165, 1.54) is 38.7 Å². The normalized spacial score (nSPS) is 11.0. The van der Waals surface area contributed by atoms with E-state index in [-0.39, 0.29) is 0 Å². The Hall–Kier alpha value is -3.85. The van der Waals surface area contributed by atoms with Crippen LogP contribution in [0.4, 0.5) is 0 Å². The number of nitrogens with zero attached hydrogens (tertiary/aromatic N) is 3. The summed E-state index contributed by atoms with van der Waals surface area (Å²) in [6.07, 6.45) is 9.58. The van der Waals surface area contributed by atoms with Crippen molar-refractivity contribution in [2.75, 3.05) is 0 Å². The molecule has 0 radical (unpaired) electrons. The summed E-state index contributed by atoms with van der Waals surface area (Å²) in [5.74, 6) is 0. The Kier molecular flexibility index (Phi) is 4.56. The average Bonchev–Trinajstić information content (AvgIpc) is 2.80. The first kappa shape index (κ1) is 18.2. The lowest BCUT2D eigenvalue weighted by Crippen LogP contribution is -2.30. The molecule has 5 rings (SSSR count). The molecule has 0 N–H and O–H groups in total. The predicted octanol–water partition coefficient (Wildman–Crippen LogP) is 5.76. The Balaban J connectivity index is 1.70. The number of aromatic nitrogens is 3. The van der Waals surface area contributed by atoms with Crippen LogP contribution in [0.2, 0.25) is 0 Å². The molecule has 0 amide bonds. The molecule has 0 spiro atoms. The second-order valence-electron chi connectivity index (χ2n) is 7.59. The smallest absolute Gasteiger partial charge is 0.220 e. The number of fused-ring (bicyclic) bond motifs is 1. The molecule has 0 fully saturated rings. The Bertz CT molecular complexity index is 1340. The standard InChI is InChI=1S/C27H22N3/c1-19-7-8-21(24-6-4-13-29-18-24)16-26(19)27-25-10-9-20(23-5-3-12-28-17-23)15-22(25)11-14-30(27)2/h3-18H,1-2H3/q+1. The van der Waals surface area contributed by atoms with Crippen LogP contribution in [-0.4, -0.2) is 9.97 Å². The van der Waals surface area contributed by atoms with Crippen LogP contribution >= 0.6 is 0 Å². The Morgan fingerprint density at radius 2 is 1.37 bits per heavy atom. The molecular weight excluding hydrogens is 366 g/mol. The molecule has 30 heavy (non-hydrogen) atoms. The van der Waals surface area contributed by atoms with E-state index in [2.05, 4.69) is 89.3 Å². The van der Waals surface area contributed by atoms with Crippen molar-refractivity contribution in [1.29, 1.82) is 0 Å². The summed E-state index contributed by atoms with van der Waals surface area (Å²) < 4.78 is 2.21. The van der Waals surface area contributed by atoms with E-state index in [9.17, 15) is 0 Å². The van der Waals surface area contributed by atoms with Gasteiger partial charge in [0.15, 0.2) is 6.20 Å². The third-order valence-electron chi connectivity index (χ3n) is 5.62. The Labute approximate surface area is 176 Å². The molecule has 3 heterocycles. The van der Waals surface area contributed by atoms with E-state index in [4.69, 9.17) is 0 Å². The van der Waals surface area contributed by atoms with Crippen molar-refractivity contribution in [3.8, 4) is 33.5 Å². The van der Waals surface area contributed by atoms with Gasteiger partial charge in [0.2, 0.25) is 5.69 Å². The Morgan fingerprint density at radius 1 is 0.700 bits per heavy atom. The summed E-state index contributed by atoms with van der Waals surface area (Å²) in [6, 6.07) is 23.6. The van der Waals surface area contributed by atoms with E-state index in [0.29, 0.717) is 0 Å². The third-order valence-corrected chi connectivity index (χ3v) is 5.62. The summed E-state index contributed by atoms with van der Waals surface area (Å²) in [7, 11) is 2.11. The zero-order valence-corrected chi connectivity index (χ0v) is 17.1. The molecule has 144 valence electrons. The second-order valence-corrected chi connectivity index (χ2v) is 7.59. The summed E-state index contributed by atoms with van der Waals surface area (Å²) in [5, 5.41) is 2.45. The van der Waals surface area contributed by atoms with Crippen molar-refractivity contribution >= 4 is 10.8 Å². The molecule has 3 aromatic heterocycles. The fraction of sp³-hybridized carbons (Fsp3) is 0.0741. The SMILES string of the molecule is Cc1ccc(-c2cccnc2)cc1-c1c2ccc(-c3cccnc3)cc2cc[n+]1C. The molecule has 0 aliphatic rings. The minimum absolute atomic E-state index is 1.13. The van der Waals surface area contributed by atoms with E-state index in [1.807, 2.05) is 30.7 Å². The van der Waals surface area contributed by atoms with Gasteiger partial charge in [0.05, 0.1) is 10.9 Å². The maximum atomic E-state index is 4.28. The van der Waals surface area contributed by atoms with Gasteiger partial charge in [-0.2, -0.15) is 0 Å². The monoisotopic (exact) mass is 388 g/mol. The maximum absolute atomic E-state index is 4.28. The van der Waals surface area contributed by atoms with Crippen LogP contribution in [0.15, 0.2) is 97.7 Å². The molecule has 3 heteroatoms. The highest BCUT2D eigenvalue weighted by Gasteiger charge is 2.18. The molecule has 0 unspecified atom stereocenters. The van der Waals surface area contributed by atoms with Crippen LogP contribution in [0.5, 0.6) is 0 Å². The average molecular weight is 388 g/mol. The predicted molar refractivity (Wildman–Crippen MR) is 122 cm³/mol. The largest absolute Gasteiger partial charge is 0.264 e. The van der Waals surface area contributed by atoms with Gasteiger partial charge in [-0.05, 0) is 59.3 Å². The summed E-state index contributed by atoms with van der Waals surface area (Å²) in [5.41, 5.74) is 8.31. The fourth-order valence-corrected chi connectivity index (χ4v) is 4.01. The highest BCUT2D eigenvalue weighted by molar-refractivity contribution is 5.96. The van der Waals surface area contributed by atoms with Gasteiger partial charge >= 0.3 is 0 Å². The molecule has 0 atom stereocenters. The molecular formula is C27H22N3+. The van der Waals surface area contributed by atoms with Gasteiger partial charge in [0, 0.05) is 42.0 Å². The van der Waals surface area contributed by atoms with E-state index < -0.39 is 0 Å². The van der Waals surface area contributed by atoms with Crippen molar-refractivity contribution in [3.63, 3.8) is 0 Å². The number of benzene rings is 2. The lowest BCUT2D eigenvalue weighted by Gasteiger charge is -2.11. The second kappa shape index (κ2) is 7.53. The first-order valence-corrected chi connectivity index (χ1v) is 10.0. The molecule has 0 saturated heterocycles. The van der Waals surface area contributed by atoms with E-state index in [1.54, 1.807) is 6.20 Å². The van der Waals surface area contributed by atoms with Gasteiger partial charge < -0.3 is 0 Å². The molecule has 0 saturated carbocycles. The number of rotatable bonds is 3. The summed E-state index contributed by atoms with van der Waals surface area (Å²) >= 11 is 0. The van der Waals surface area contributed by atoms with Crippen LogP contribution in [0.25, 0.3) is 44.3 Å². The number of hydrogen-bond donors (Lipinski definition) is 0. The zero-order chi connectivity index (χ0) is 20.5. The van der Waals surface area contributed by atoms with Gasteiger partial charge in [-0.15, -0.1) is 0 Å². The minimum atomic E-state index is 1.13. The van der Waals surface area contributed by atoms with Gasteiger partial charge in [0.1, 0.15) is 7.05 Å². The maximum Gasteiger partial charge on any atom is 0.220 e. The lowest BCUT2D eigenvalue weighted by atomic mass is 9.94. The molecule has 5 aromatic rings. The number of pyridine rings is 3.